The summed E-state index contributed by atoms with van der Waals surface area (Å²) in [6.07, 6.45) is 11.8. The van der Waals surface area contributed by atoms with E-state index >= 15 is 0 Å². The molecule has 5 aliphatic carbocycles. The summed E-state index contributed by atoms with van der Waals surface area (Å²) in [5, 5.41) is 3.55. The fourth-order valence-corrected chi connectivity index (χ4v) is 10.5. The highest BCUT2D eigenvalue weighted by atomic mass is 79.9. The molecule has 1 spiro atoms. The molecule has 2 aliphatic heterocycles. The number of benzene rings is 1. The molecular weight excluding hydrogens is 526 g/mol. The van der Waals surface area contributed by atoms with E-state index in [4.69, 9.17) is 4.74 Å². The second-order valence-electron chi connectivity index (χ2n) is 13.4. The van der Waals surface area contributed by atoms with Crippen LogP contribution in [0.25, 0.3) is 0 Å². The molecule has 0 aromatic heterocycles. The van der Waals surface area contributed by atoms with Crippen LogP contribution in [0.3, 0.4) is 0 Å². The quantitative estimate of drug-likeness (QED) is 0.527. The van der Waals surface area contributed by atoms with Gasteiger partial charge >= 0.3 is 0 Å². The van der Waals surface area contributed by atoms with Crippen LogP contribution in [0.15, 0.2) is 22.7 Å². The molecule has 7 aliphatic rings. The topological polar surface area (TPSA) is 44.8 Å². The van der Waals surface area contributed by atoms with E-state index in [1.54, 1.807) is 11.1 Å². The van der Waals surface area contributed by atoms with E-state index in [0.717, 1.165) is 63.1 Å². The van der Waals surface area contributed by atoms with E-state index in [0.29, 0.717) is 18.5 Å². The molecule has 1 atom stereocenters. The molecule has 4 saturated carbocycles. The summed E-state index contributed by atoms with van der Waals surface area (Å²) in [6.45, 7) is 7.73. The third-order valence-electron chi connectivity index (χ3n) is 11.3. The number of likely N-dealkylation sites (tertiary alicyclic amines) is 1. The van der Waals surface area contributed by atoms with Gasteiger partial charge in [-0.05, 0) is 130 Å². The van der Waals surface area contributed by atoms with Crippen LogP contribution in [0.4, 0.5) is 0 Å². The lowest BCUT2D eigenvalue weighted by atomic mass is 9.54. The summed E-state index contributed by atoms with van der Waals surface area (Å²) in [5.74, 6) is 4.35. The van der Waals surface area contributed by atoms with E-state index in [-0.39, 0.29) is 11.3 Å². The van der Waals surface area contributed by atoms with Gasteiger partial charge < -0.3 is 10.1 Å². The Morgan fingerprint density at radius 1 is 0.973 bits per heavy atom. The van der Waals surface area contributed by atoms with Gasteiger partial charge in [-0.1, -0.05) is 28.1 Å². The van der Waals surface area contributed by atoms with Gasteiger partial charge in [-0.3, -0.25) is 14.6 Å². The van der Waals surface area contributed by atoms with E-state index in [2.05, 4.69) is 49.2 Å². The van der Waals surface area contributed by atoms with Crippen LogP contribution < -0.4 is 5.32 Å². The highest BCUT2D eigenvalue weighted by molar-refractivity contribution is 9.10. The highest BCUT2D eigenvalue weighted by Crippen LogP contribution is 2.55. The van der Waals surface area contributed by atoms with Gasteiger partial charge in [0.05, 0.1) is 19.8 Å². The van der Waals surface area contributed by atoms with Crippen LogP contribution in [0, 0.1) is 23.7 Å². The predicted octanol–water partition coefficient (Wildman–Crippen LogP) is 4.93. The fourth-order valence-electron chi connectivity index (χ4n) is 9.73. The molecule has 0 radical (unpaired) electrons. The van der Waals surface area contributed by atoms with Crippen molar-refractivity contribution in [2.24, 2.45) is 23.7 Å². The minimum Gasteiger partial charge on any atom is -0.379 e. The standard InChI is InChI=1S/C31H44BrN3O2/c32-27-3-1-2-26-23(4-7-34-10-12-37-13-11-34)19-31(29(26)27)5-8-35(9-6-31)20-28(36)33-30-24-15-21-14-22(17-24)18-25(30)16-21/h1-3,21-25,30H,4-20H2,(H,33,36). The zero-order chi connectivity index (χ0) is 25.0. The molecule has 1 amide bonds. The molecule has 37 heavy (non-hydrogen) atoms. The largest absolute Gasteiger partial charge is 0.379 e. The van der Waals surface area contributed by atoms with Crippen LogP contribution in [0.2, 0.25) is 0 Å². The summed E-state index contributed by atoms with van der Waals surface area (Å²) in [4.78, 5) is 18.2. The molecule has 5 nitrogen and oxygen atoms in total. The first kappa shape index (κ1) is 25.0. The van der Waals surface area contributed by atoms with Crippen molar-refractivity contribution in [1.29, 1.82) is 0 Å². The van der Waals surface area contributed by atoms with Gasteiger partial charge in [-0.2, -0.15) is 0 Å². The Kier molecular flexibility index (Phi) is 6.92. The maximum absolute atomic E-state index is 13.2. The van der Waals surface area contributed by atoms with E-state index in [9.17, 15) is 4.79 Å². The molecule has 4 bridgehead atoms. The summed E-state index contributed by atoms with van der Waals surface area (Å²) < 4.78 is 6.86. The van der Waals surface area contributed by atoms with Crippen LogP contribution in [0.5, 0.6) is 0 Å². The second kappa shape index (κ2) is 10.2. The lowest BCUT2D eigenvalue weighted by Gasteiger charge is -2.54. The van der Waals surface area contributed by atoms with Crippen molar-refractivity contribution in [1.82, 2.24) is 15.1 Å². The summed E-state index contributed by atoms with van der Waals surface area (Å²) in [7, 11) is 0. The number of halogens is 1. The van der Waals surface area contributed by atoms with Gasteiger partial charge in [-0.15, -0.1) is 0 Å². The van der Waals surface area contributed by atoms with Gasteiger partial charge in [-0.25, -0.2) is 0 Å². The highest BCUT2D eigenvalue weighted by Gasteiger charge is 2.49. The lowest BCUT2D eigenvalue weighted by Crippen LogP contribution is -2.57. The van der Waals surface area contributed by atoms with Gasteiger partial charge in [0.1, 0.15) is 0 Å². The number of ether oxygens (including phenoxy) is 1. The van der Waals surface area contributed by atoms with Crippen molar-refractivity contribution in [3.63, 3.8) is 0 Å². The Morgan fingerprint density at radius 2 is 1.68 bits per heavy atom. The van der Waals surface area contributed by atoms with Crippen molar-refractivity contribution in [3.05, 3.63) is 33.8 Å². The number of nitrogens with one attached hydrogen (secondary N) is 1. The molecule has 6 heteroatoms. The normalized spacial score (nSPS) is 36.7. The van der Waals surface area contributed by atoms with E-state index in [1.165, 1.54) is 68.8 Å². The zero-order valence-corrected chi connectivity index (χ0v) is 23.9. The number of hydrogen-bond donors (Lipinski definition) is 1. The van der Waals surface area contributed by atoms with Crippen molar-refractivity contribution in [3.8, 4) is 0 Å². The second-order valence-corrected chi connectivity index (χ2v) is 14.3. The molecule has 2 saturated heterocycles. The fraction of sp³-hybridized carbons (Fsp3) is 0.774. The van der Waals surface area contributed by atoms with Gasteiger partial charge in [0, 0.05) is 23.6 Å². The lowest BCUT2D eigenvalue weighted by molar-refractivity contribution is -0.126. The average molecular weight is 571 g/mol. The molecule has 1 unspecified atom stereocenters. The predicted molar refractivity (Wildman–Crippen MR) is 150 cm³/mol. The number of morpholine rings is 1. The van der Waals surface area contributed by atoms with Gasteiger partial charge in [0.25, 0.3) is 0 Å². The molecule has 2 heterocycles. The Hall–Kier alpha value is -0.950. The van der Waals surface area contributed by atoms with Crippen LogP contribution in [-0.4, -0.2) is 74.2 Å². The van der Waals surface area contributed by atoms with Crippen LogP contribution >= 0.6 is 15.9 Å². The van der Waals surface area contributed by atoms with E-state index in [1.807, 2.05) is 0 Å². The number of carbonyl (C=O) groups is 1. The maximum Gasteiger partial charge on any atom is 0.234 e. The van der Waals surface area contributed by atoms with Crippen LogP contribution in [-0.2, 0) is 14.9 Å². The molecular formula is C31H44BrN3O2. The summed E-state index contributed by atoms with van der Waals surface area (Å²) in [5.41, 5.74) is 3.43. The first-order valence-corrected chi connectivity index (χ1v) is 16.0. The van der Waals surface area contributed by atoms with E-state index < -0.39 is 0 Å². The SMILES string of the molecule is O=C(CN1CCC2(CC1)CC(CCN1CCOCC1)c1cccc(Br)c12)NC1C2CC3CC(C2)CC1C3. The van der Waals surface area contributed by atoms with Gasteiger partial charge in [0.15, 0.2) is 0 Å². The number of nitrogens with zero attached hydrogens (tertiary/aromatic N) is 2. The van der Waals surface area contributed by atoms with Crippen molar-refractivity contribution >= 4 is 21.8 Å². The Morgan fingerprint density at radius 3 is 2.38 bits per heavy atom. The van der Waals surface area contributed by atoms with Crippen molar-refractivity contribution in [2.75, 3.05) is 52.5 Å². The number of piperidine rings is 1. The zero-order valence-electron chi connectivity index (χ0n) is 22.3. The number of carbonyl (C=O) groups excluding carboxylic acids is 1. The summed E-state index contributed by atoms with van der Waals surface area (Å²) in [6, 6.07) is 7.33. The number of amides is 1. The monoisotopic (exact) mass is 569 g/mol. The third kappa shape index (κ3) is 4.83. The van der Waals surface area contributed by atoms with Crippen LogP contribution in [0.1, 0.15) is 74.8 Å². The van der Waals surface area contributed by atoms with Gasteiger partial charge in [0.2, 0.25) is 5.91 Å². The average Bonchev–Trinajstić information content (AvgIpc) is 3.21. The molecule has 1 aromatic carbocycles. The minimum absolute atomic E-state index is 0.263. The summed E-state index contributed by atoms with van der Waals surface area (Å²) >= 11 is 3.95. The molecule has 1 aromatic rings. The maximum atomic E-state index is 13.2. The number of hydrogen-bond acceptors (Lipinski definition) is 4. The number of rotatable bonds is 6. The third-order valence-corrected chi connectivity index (χ3v) is 11.9. The van der Waals surface area contributed by atoms with Crippen molar-refractivity contribution in [2.45, 2.75) is 75.2 Å². The minimum atomic E-state index is 0.263. The molecule has 1 N–H and O–H groups in total. The Balaban J connectivity index is 0.967. The Bertz CT molecular complexity index is 972. The Labute approximate surface area is 231 Å². The first-order chi connectivity index (χ1) is 18.1. The molecule has 202 valence electrons. The smallest absolute Gasteiger partial charge is 0.234 e. The molecule has 6 fully saturated rings. The first-order valence-electron chi connectivity index (χ1n) is 15.2. The van der Waals surface area contributed by atoms with Crippen molar-refractivity contribution < 1.29 is 9.53 Å². The molecule has 8 rings (SSSR count). The number of fused-ring (bicyclic) bond motifs is 2.